The summed E-state index contributed by atoms with van der Waals surface area (Å²) >= 11 is 5.01. The van der Waals surface area contributed by atoms with Crippen LogP contribution in [0.3, 0.4) is 0 Å². The number of nitrogens with one attached hydrogen (secondary N) is 1. The maximum absolute atomic E-state index is 11.8. The van der Waals surface area contributed by atoms with Crippen LogP contribution in [0.25, 0.3) is 0 Å². The molecule has 2 N–H and O–H groups in total. The molecule has 0 aromatic heterocycles. The molecule has 1 aromatic carbocycles. The average Bonchev–Trinajstić information content (AvgIpc) is 2.35. The summed E-state index contributed by atoms with van der Waals surface area (Å²) in [7, 11) is 0. The van der Waals surface area contributed by atoms with E-state index in [0.717, 1.165) is 0 Å². The van der Waals surface area contributed by atoms with Crippen molar-refractivity contribution in [3.63, 3.8) is 0 Å². The molecule has 0 saturated heterocycles. The average molecular weight is 286 g/mol. The number of carboxylic acids is 1. The Hall–Kier alpha value is -2.08. The summed E-state index contributed by atoms with van der Waals surface area (Å²) in [6.07, 6.45) is -1.09. The molecule has 2 atom stereocenters. The Labute approximate surface area is 114 Å². The number of carbonyl (C=O) groups is 3. The first-order valence-electron chi connectivity index (χ1n) is 5.36. The van der Waals surface area contributed by atoms with Crippen LogP contribution in [0.4, 0.5) is 4.79 Å². The lowest BCUT2D eigenvalue weighted by molar-refractivity contribution is -0.141. The quantitative estimate of drug-likeness (QED) is 0.802. The third-order valence-electron chi connectivity index (χ3n) is 2.34. The van der Waals surface area contributed by atoms with Crippen molar-refractivity contribution < 1.29 is 24.2 Å². The van der Waals surface area contributed by atoms with E-state index >= 15 is 0 Å². The van der Waals surface area contributed by atoms with E-state index in [2.05, 4.69) is 10.1 Å². The largest absolute Gasteiger partial charge is 0.480 e. The first-order valence-corrected chi connectivity index (χ1v) is 5.74. The predicted molar refractivity (Wildman–Crippen MR) is 67.1 cm³/mol. The van der Waals surface area contributed by atoms with Crippen LogP contribution in [-0.4, -0.2) is 34.6 Å². The van der Waals surface area contributed by atoms with E-state index in [4.69, 9.17) is 16.7 Å². The lowest BCUT2D eigenvalue weighted by Crippen LogP contribution is -2.48. The Morgan fingerprint density at radius 1 is 1.26 bits per heavy atom. The fourth-order valence-electron chi connectivity index (χ4n) is 1.41. The highest BCUT2D eigenvalue weighted by molar-refractivity contribution is 6.61. The predicted octanol–water partition coefficient (Wildman–Crippen LogP) is 1.63. The van der Waals surface area contributed by atoms with Crippen LogP contribution in [0.2, 0.25) is 0 Å². The van der Waals surface area contributed by atoms with Crippen LogP contribution < -0.4 is 5.32 Å². The smallest absolute Gasteiger partial charge is 0.404 e. The SMILES string of the molecule is C[C@@H](OC(=O)Cl)[C@H](NC(=O)c1ccccc1)C(=O)O. The van der Waals surface area contributed by atoms with Gasteiger partial charge in [-0.3, -0.25) is 4.79 Å². The summed E-state index contributed by atoms with van der Waals surface area (Å²) in [6.45, 7) is 1.32. The van der Waals surface area contributed by atoms with E-state index in [9.17, 15) is 14.4 Å². The Kier molecular flexibility index (Phi) is 5.32. The van der Waals surface area contributed by atoms with Crippen molar-refractivity contribution in [2.24, 2.45) is 0 Å². The van der Waals surface area contributed by atoms with Crippen LogP contribution in [0.15, 0.2) is 30.3 Å². The minimum absolute atomic E-state index is 0.304. The van der Waals surface area contributed by atoms with E-state index < -0.39 is 29.5 Å². The van der Waals surface area contributed by atoms with Gasteiger partial charge in [0.05, 0.1) is 0 Å². The van der Waals surface area contributed by atoms with Crippen molar-refractivity contribution in [1.29, 1.82) is 0 Å². The zero-order chi connectivity index (χ0) is 14.4. The zero-order valence-corrected chi connectivity index (χ0v) is 10.8. The van der Waals surface area contributed by atoms with Gasteiger partial charge >= 0.3 is 11.4 Å². The fraction of sp³-hybridized carbons (Fsp3) is 0.250. The Morgan fingerprint density at radius 3 is 2.32 bits per heavy atom. The van der Waals surface area contributed by atoms with Crippen LogP contribution in [-0.2, 0) is 9.53 Å². The molecule has 0 heterocycles. The van der Waals surface area contributed by atoms with Gasteiger partial charge in [0.1, 0.15) is 6.10 Å². The summed E-state index contributed by atoms with van der Waals surface area (Å²) in [6, 6.07) is 6.71. The van der Waals surface area contributed by atoms with Gasteiger partial charge in [-0.2, -0.15) is 0 Å². The monoisotopic (exact) mass is 285 g/mol. The lowest BCUT2D eigenvalue weighted by atomic mass is 10.1. The summed E-state index contributed by atoms with van der Waals surface area (Å²) in [5.74, 6) is -1.90. The maximum Gasteiger partial charge on any atom is 0.404 e. The van der Waals surface area contributed by atoms with Crippen molar-refractivity contribution in [1.82, 2.24) is 5.32 Å². The number of ether oxygens (including phenoxy) is 1. The summed E-state index contributed by atoms with van der Waals surface area (Å²) in [4.78, 5) is 33.4. The number of rotatable bonds is 5. The molecule has 0 spiro atoms. The second kappa shape index (κ2) is 6.75. The number of hydrogen-bond donors (Lipinski definition) is 2. The van der Waals surface area contributed by atoms with Crippen LogP contribution in [0.1, 0.15) is 17.3 Å². The molecule has 0 aliphatic carbocycles. The second-order valence-electron chi connectivity index (χ2n) is 3.72. The van der Waals surface area contributed by atoms with Gasteiger partial charge in [-0.15, -0.1) is 0 Å². The van der Waals surface area contributed by atoms with Gasteiger partial charge < -0.3 is 15.2 Å². The summed E-state index contributed by atoms with van der Waals surface area (Å²) in [5.41, 5.74) is -0.828. The maximum atomic E-state index is 11.8. The molecule has 0 fully saturated rings. The second-order valence-corrected chi connectivity index (χ2v) is 4.02. The summed E-state index contributed by atoms with van der Waals surface area (Å²) in [5, 5.41) is 11.3. The minimum Gasteiger partial charge on any atom is -0.480 e. The third-order valence-corrected chi connectivity index (χ3v) is 2.43. The molecule has 0 unspecified atom stereocenters. The van der Waals surface area contributed by atoms with Gasteiger partial charge in [0, 0.05) is 17.2 Å². The van der Waals surface area contributed by atoms with Crippen LogP contribution in [0.5, 0.6) is 0 Å². The molecule has 0 aliphatic rings. The van der Waals surface area contributed by atoms with E-state index in [0.29, 0.717) is 5.56 Å². The molecule has 0 radical (unpaired) electrons. The van der Waals surface area contributed by atoms with Gasteiger partial charge in [0.15, 0.2) is 6.04 Å². The number of amides is 1. The molecule has 0 saturated carbocycles. The molecule has 0 aliphatic heterocycles. The molecule has 19 heavy (non-hydrogen) atoms. The topological polar surface area (TPSA) is 92.7 Å². The molecular formula is C12H12ClNO5. The Balaban J connectivity index is 2.77. The normalized spacial score (nSPS) is 13.2. The van der Waals surface area contributed by atoms with Crippen LogP contribution in [0, 0.1) is 0 Å². The van der Waals surface area contributed by atoms with Crippen molar-refractivity contribution in [3.05, 3.63) is 35.9 Å². The van der Waals surface area contributed by atoms with Gasteiger partial charge in [-0.1, -0.05) is 18.2 Å². The number of hydrogen-bond acceptors (Lipinski definition) is 4. The number of benzene rings is 1. The highest BCUT2D eigenvalue weighted by Gasteiger charge is 2.29. The van der Waals surface area contributed by atoms with Gasteiger partial charge in [0.2, 0.25) is 0 Å². The standard InChI is InChI=1S/C12H12ClNO5/c1-7(19-12(13)18)9(11(16)17)14-10(15)8-5-3-2-4-6-8/h2-7,9H,1H3,(H,14,15)(H,16,17)/t7-,9+/m1/s1. The molecular weight excluding hydrogens is 274 g/mol. The summed E-state index contributed by atoms with van der Waals surface area (Å²) < 4.78 is 4.54. The number of aliphatic carboxylic acids is 1. The van der Waals surface area contributed by atoms with Gasteiger partial charge in [-0.25, -0.2) is 9.59 Å². The number of halogens is 1. The van der Waals surface area contributed by atoms with Crippen molar-refractivity contribution in [2.75, 3.05) is 0 Å². The van der Waals surface area contributed by atoms with E-state index in [-0.39, 0.29) is 0 Å². The number of carbonyl (C=O) groups excluding carboxylic acids is 2. The lowest BCUT2D eigenvalue weighted by Gasteiger charge is -2.20. The molecule has 102 valence electrons. The molecule has 1 aromatic rings. The van der Waals surface area contributed by atoms with Gasteiger partial charge in [0.25, 0.3) is 5.91 Å². The first kappa shape index (κ1) is 15.0. The van der Waals surface area contributed by atoms with E-state index in [1.807, 2.05) is 0 Å². The molecule has 1 rings (SSSR count). The Bertz CT molecular complexity index is 476. The first-order chi connectivity index (χ1) is 8.91. The van der Waals surface area contributed by atoms with Crippen LogP contribution >= 0.6 is 11.6 Å². The molecule has 0 bridgehead atoms. The minimum atomic E-state index is -1.38. The fourth-order valence-corrected chi connectivity index (χ4v) is 1.55. The van der Waals surface area contributed by atoms with E-state index in [1.165, 1.54) is 19.1 Å². The van der Waals surface area contributed by atoms with E-state index in [1.54, 1.807) is 18.2 Å². The third kappa shape index (κ3) is 4.59. The highest BCUT2D eigenvalue weighted by Crippen LogP contribution is 2.05. The van der Waals surface area contributed by atoms with Crippen molar-refractivity contribution >= 4 is 28.9 Å². The Morgan fingerprint density at radius 2 is 1.84 bits per heavy atom. The van der Waals surface area contributed by atoms with Crippen molar-refractivity contribution in [3.8, 4) is 0 Å². The van der Waals surface area contributed by atoms with Crippen molar-refractivity contribution in [2.45, 2.75) is 19.1 Å². The zero-order valence-electron chi connectivity index (χ0n) is 10.00. The molecule has 6 nitrogen and oxygen atoms in total. The molecule has 1 amide bonds. The molecule has 7 heteroatoms. The van der Waals surface area contributed by atoms with Gasteiger partial charge in [-0.05, 0) is 19.1 Å². The number of carboxylic acid groups (broad SMARTS) is 1. The highest BCUT2D eigenvalue weighted by atomic mass is 35.5.